The molecule has 1 aliphatic rings. The number of hydrogen-bond acceptors (Lipinski definition) is 8. The van der Waals surface area contributed by atoms with Gasteiger partial charge in [0.25, 0.3) is 5.91 Å². The van der Waals surface area contributed by atoms with Gasteiger partial charge >= 0.3 is 0 Å². The molecule has 1 aromatic carbocycles. The average molecular weight is 451 g/mol. The fraction of sp³-hybridized carbons (Fsp3) is 0.389. The van der Waals surface area contributed by atoms with Gasteiger partial charge in [-0.05, 0) is 49.1 Å². The topological polar surface area (TPSA) is 111 Å². The maximum Gasteiger partial charge on any atom is 0.254 e. The van der Waals surface area contributed by atoms with Crippen LogP contribution in [-0.4, -0.2) is 61.9 Å². The average Bonchev–Trinajstić information content (AvgIpc) is 3.31. The molecule has 0 bridgehead atoms. The van der Waals surface area contributed by atoms with E-state index in [0.29, 0.717) is 41.1 Å². The van der Waals surface area contributed by atoms with Crippen molar-refractivity contribution in [2.45, 2.75) is 25.9 Å². The fourth-order valence-electron chi connectivity index (χ4n) is 3.44. The third-order valence-corrected chi connectivity index (χ3v) is 6.63. The molecular weight excluding hydrogens is 431 g/mol. The highest BCUT2D eigenvalue weighted by atomic mass is 32.2. The SMILES string of the molecule is Cc1nsc(-c2nnc3n2CCN(C(=O)c2ccc(F)cc2)C3CCS(C)(=O)=O)n1. The van der Waals surface area contributed by atoms with E-state index in [4.69, 9.17) is 0 Å². The van der Waals surface area contributed by atoms with Crippen LogP contribution in [0.25, 0.3) is 10.8 Å². The Morgan fingerprint density at radius 3 is 2.60 bits per heavy atom. The highest BCUT2D eigenvalue weighted by molar-refractivity contribution is 7.90. The molecule has 1 amide bonds. The molecule has 12 heteroatoms. The second-order valence-corrected chi connectivity index (χ2v) is 10.1. The Labute approximate surface area is 176 Å². The largest absolute Gasteiger partial charge is 0.327 e. The Bertz CT molecular complexity index is 1190. The molecular formula is C18H19FN6O3S2. The van der Waals surface area contributed by atoms with Crippen molar-refractivity contribution < 1.29 is 17.6 Å². The number of carbonyl (C=O) groups is 1. The van der Waals surface area contributed by atoms with E-state index in [1.807, 2.05) is 4.57 Å². The molecule has 0 spiro atoms. The standard InChI is InChI=1S/C18H19FN6O3S2/c1-11-20-17(29-23-11)16-22-21-15-14(7-10-30(2,27)28)24(8-9-25(15)16)18(26)12-3-5-13(19)6-4-12/h3-6,14H,7-10H2,1-2H3. The molecule has 0 radical (unpaired) electrons. The van der Waals surface area contributed by atoms with Crippen molar-refractivity contribution in [3.8, 4) is 10.8 Å². The minimum Gasteiger partial charge on any atom is -0.327 e. The lowest BCUT2D eigenvalue weighted by molar-refractivity contribution is 0.0612. The van der Waals surface area contributed by atoms with Crippen LogP contribution in [0, 0.1) is 12.7 Å². The van der Waals surface area contributed by atoms with Crippen molar-refractivity contribution in [3.63, 3.8) is 0 Å². The molecule has 30 heavy (non-hydrogen) atoms. The van der Waals surface area contributed by atoms with Crippen molar-refractivity contribution in [1.82, 2.24) is 29.0 Å². The third-order valence-electron chi connectivity index (χ3n) is 4.85. The third kappa shape index (κ3) is 4.10. The van der Waals surface area contributed by atoms with Crippen LogP contribution in [0.2, 0.25) is 0 Å². The molecule has 9 nitrogen and oxygen atoms in total. The number of aryl methyl sites for hydroxylation is 1. The number of halogens is 1. The first kappa shape index (κ1) is 20.5. The van der Waals surface area contributed by atoms with Crippen molar-refractivity contribution in [1.29, 1.82) is 0 Å². The Hall–Kier alpha value is -2.73. The molecule has 0 saturated heterocycles. The zero-order valence-corrected chi connectivity index (χ0v) is 18.0. The molecule has 1 aliphatic heterocycles. The number of aromatic nitrogens is 5. The van der Waals surface area contributed by atoms with Crippen LogP contribution in [0.3, 0.4) is 0 Å². The van der Waals surface area contributed by atoms with Gasteiger partial charge in [0.2, 0.25) is 0 Å². The zero-order valence-electron chi connectivity index (χ0n) is 16.3. The number of nitrogens with zero attached hydrogens (tertiary/aromatic N) is 6. The number of fused-ring (bicyclic) bond motifs is 1. The van der Waals surface area contributed by atoms with E-state index in [1.165, 1.54) is 35.8 Å². The summed E-state index contributed by atoms with van der Waals surface area (Å²) in [6, 6.07) is 4.70. The molecule has 0 aliphatic carbocycles. The van der Waals surface area contributed by atoms with Crippen LogP contribution in [-0.2, 0) is 16.4 Å². The normalized spacial score (nSPS) is 16.5. The summed E-state index contributed by atoms with van der Waals surface area (Å²) in [5, 5.41) is 9.12. The summed E-state index contributed by atoms with van der Waals surface area (Å²) < 4.78 is 42.9. The van der Waals surface area contributed by atoms with Crippen molar-refractivity contribution >= 4 is 27.3 Å². The van der Waals surface area contributed by atoms with Crippen LogP contribution >= 0.6 is 11.5 Å². The van der Waals surface area contributed by atoms with Crippen LogP contribution in [0.15, 0.2) is 24.3 Å². The van der Waals surface area contributed by atoms with E-state index in [-0.39, 0.29) is 18.1 Å². The zero-order chi connectivity index (χ0) is 21.5. The summed E-state index contributed by atoms with van der Waals surface area (Å²) in [6.45, 7) is 2.55. The number of benzene rings is 1. The van der Waals surface area contributed by atoms with Gasteiger partial charge in [0, 0.05) is 24.9 Å². The second-order valence-electron chi connectivity index (χ2n) is 7.12. The van der Waals surface area contributed by atoms with Crippen molar-refractivity contribution in [2.75, 3.05) is 18.6 Å². The highest BCUT2D eigenvalue weighted by Crippen LogP contribution is 2.32. The van der Waals surface area contributed by atoms with Gasteiger partial charge in [-0.3, -0.25) is 4.79 Å². The summed E-state index contributed by atoms with van der Waals surface area (Å²) in [5.41, 5.74) is 0.327. The minimum atomic E-state index is -3.25. The van der Waals surface area contributed by atoms with Gasteiger partial charge in [0.1, 0.15) is 21.5 Å². The Morgan fingerprint density at radius 2 is 1.97 bits per heavy atom. The molecule has 1 unspecified atom stereocenters. The second kappa shape index (κ2) is 7.84. The van der Waals surface area contributed by atoms with Gasteiger partial charge < -0.3 is 9.47 Å². The number of hydrogen-bond donors (Lipinski definition) is 0. The molecule has 0 N–H and O–H groups in total. The van der Waals surface area contributed by atoms with E-state index in [9.17, 15) is 17.6 Å². The number of rotatable bonds is 5. The monoisotopic (exact) mass is 450 g/mol. The van der Waals surface area contributed by atoms with Gasteiger partial charge in [-0.1, -0.05) is 0 Å². The summed E-state index contributed by atoms with van der Waals surface area (Å²) >= 11 is 1.21. The van der Waals surface area contributed by atoms with Crippen LogP contribution in [0.1, 0.15) is 34.5 Å². The Kier molecular flexibility index (Phi) is 5.36. The molecule has 3 heterocycles. The highest BCUT2D eigenvalue weighted by Gasteiger charge is 2.36. The summed E-state index contributed by atoms with van der Waals surface area (Å²) in [7, 11) is -3.25. The molecule has 0 saturated carbocycles. The lowest BCUT2D eigenvalue weighted by Gasteiger charge is -2.35. The fourth-order valence-corrected chi connectivity index (χ4v) is 4.76. The molecule has 0 fully saturated rings. The first-order valence-electron chi connectivity index (χ1n) is 9.21. The molecule has 4 rings (SSSR count). The van der Waals surface area contributed by atoms with E-state index in [1.54, 1.807) is 11.8 Å². The van der Waals surface area contributed by atoms with Gasteiger partial charge in [-0.2, -0.15) is 4.37 Å². The first-order valence-corrected chi connectivity index (χ1v) is 12.0. The molecule has 3 aromatic rings. The Morgan fingerprint density at radius 1 is 1.23 bits per heavy atom. The van der Waals surface area contributed by atoms with Gasteiger partial charge in [0.05, 0.1) is 11.8 Å². The summed E-state index contributed by atoms with van der Waals surface area (Å²) in [5.74, 6) is 0.832. The predicted molar refractivity (Wildman–Crippen MR) is 108 cm³/mol. The lowest BCUT2D eigenvalue weighted by Crippen LogP contribution is -2.43. The summed E-state index contributed by atoms with van der Waals surface area (Å²) in [4.78, 5) is 19.0. The van der Waals surface area contributed by atoms with E-state index in [2.05, 4.69) is 19.6 Å². The minimum absolute atomic E-state index is 0.106. The maximum absolute atomic E-state index is 13.3. The van der Waals surface area contributed by atoms with E-state index in [0.717, 1.165) is 6.26 Å². The number of amides is 1. The van der Waals surface area contributed by atoms with E-state index < -0.39 is 21.7 Å². The molecule has 158 valence electrons. The van der Waals surface area contributed by atoms with Gasteiger partial charge in [-0.25, -0.2) is 17.8 Å². The molecule has 1 atom stereocenters. The number of sulfone groups is 1. The van der Waals surface area contributed by atoms with Gasteiger partial charge in [0.15, 0.2) is 16.7 Å². The van der Waals surface area contributed by atoms with Crippen LogP contribution < -0.4 is 0 Å². The molecule has 2 aromatic heterocycles. The quantitative estimate of drug-likeness (QED) is 0.583. The Balaban J connectivity index is 1.71. The van der Waals surface area contributed by atoms with Crippen molar-refractivity contribution in [2.24, 2.45) is 0 Å². The first-order chi connectivity index (χ1) is 14.2. The van der Waals surface area contributed by atoms with Gasteiger partial charge in [-0.15, -0.1) is 10.2 Å². The van der Waals surface area contributed by atoms with Crippen LogP contribution in [0.5, 0.6) is 0 Å². The lowest BCUT2D eigenvalue weighted by atomic mass is 10.1. The van der Waals surface area contributed by atoms with E-state index >= 15 is 0 Å². The summed E-state index contributed by atoms with van der Waals surface area (Å²) in [6.07, 6.45) is 1.33. The van der Waals surface area contributed by atoms with Crippen molar-refractivity contribution in [3.05, 3.63) is 47.3 Å². The van der Waals surface area contributed by atoms with Crippen LogP contribution in [0.4, 0.5) is 4.39 Å². The maximum atomic E-state index is 13.3. The predicted octanol–water partition coefficient (Wildman–Crippen LogP) is 1.88. The number of carbonyl (C=O) groups excluding carboxylic acids is 1. The smallest absolute Gasteiger partial charge is 0.254 e.